The van der Waals surface area contributed by atoms with Gasteiger partial charge < -0.3 is 10.8 Å². The fourth-order valence-electron chi connectivity index (χ4n) is 2.98. The zero-order valence-corrected chi connectivity index (χ0v) is 14.8. The lowest BCUT2D eigenvalue weighted by molar-refractivity contribution is -0.142. The molecule has 3 heteroatoms. The predicted octanol–water partition coefficient (Wildman–Crippen LogP) is 5.52. The molecular weight excluding hydrogens is 274 g/mol. The van der Waals surface area contributed by atoms with Gasteiger partial charge in [0.1, 0.15) is 0 Å². The molecule has 1 saturated carbocycles. The smallest absolute Gasteiger partial charge is 0.306 e. The van der Waals surface area contributed by atoms with Gasteiger partial charge in [-0.05, 0) is 25.8 Å². The standard InChI is InChI=1S/C12H27N.C7H12O2/c1-2-3-4-5-6-7-8-9-10-11-12-13;8-7(9)6-4-2-1-3-5-6/h2-13H2,1H3;6H,1-5H2,(H,8,9). The lowest BCUT2D eigenvalue weighted by Gasteiger charge is -2.16. The molecule has 1 rings (SSSR count). The number of unbranched alkanes of at least 4 members (excludes halogenated alkanes) is 9. The summed E-state index contributed by atoms with van der Waals surface area (Å²) in [6, 6.07) is 0. The van der Waals surface area contributed by atoms with E-state index in [0.29, 0.717) is 0 Å². The van der Waals surface area contributed by atoms with Crippen LogP contribution in [0.25, 0.3) is 0 Å². The van der Waals surface area contributed by atoms with Crippen LogP contribution in [0.1, 0.15) is 103 Å². The first-order valence-corrected chi connectivity index (χ1v) is 9.65. The van der Waals surface area contributed by atoms with Gasteiger partial charge in [0.2, 0.25) is 0 Å². The minimum Gasteiger partial charge on any atom is -0.481 e. The highest BCUT2D eigenvalue weighted by molar-refractivity contribution is 5.69. The summed E-state index contributed by atoms with van der Waals surface area (Å²) >= 11 is 0. The highest BCUT2D eigenvalue weighted by Gasteiger charge is 2.19. The molecule has 0 unspecified atom stereocenters. The van der Waals surface area contributed by atoms with Gasteiger partial charge in [-0.2, -0.15) is 0 Å². The molecule has 0 aromatic carbocycles. The van der Waals surface area contributed by atoms with Crippen molar-refractivity contribution in [2.45, 2.75) is 103 Å². The Kier molecular flexibility index (Phi) is 16.4. The fourth-order valence-corrected chi connectivity index (χ4v) is 2.98. The van der Waals surface area contributed by atoms with Crippen LogP contribution in [0.15, 0.2) is 0 Å². The van der Waals surface area contributed by atoms with Gasteiger partial charge in [0.15, 0.2) is 0 Å². The minimum absolute atomic E-state index is 0.0289. The molecule has 1 aliphatic rings. The van der Waals surface area contributed by atoms with Crippen LogP contribution in [0, 0.1) is 5.92 Å². The van der Waals surface area contributed by atoms with E-state index in [1.165, 1.54) is 70.6 Å². The van der Waals surface area contributed by atoms with Crippen LogP contribution in [0.4, 0.5) is 0 Å². The molecule has 0 spiro atoms. The molecule has 0 aromatic heterocycles. The summed E-state index contributed by atoms with van der Waals surface area (Å²) in [6.45, 7) is 3.14. The van der Waals surface area contributed by atoms with Gasteiger partial charge in [-0.1, -0.05) is 84.0 Å². The second kappa shape index (κ2) is 16.8. The van der Waals surface area contributed by atoms with Gasteiger partial charge in [-0.25, -0.2) is 0 Å². The highest BCUT2D eigenvalue weighted by atomic mass is 16.4. The van der Waals surface area contributed by atoms with Crippen molar-refractivity contribution >= 4 is 5.97 Å². The maximum atomic E-state index is 10.4. The Bertz CT molecular complexity index is 228. The quantitative estimate of drug-likeness (QED) is 0.494. The fraction of sp³-hybridized carbons (Fsp3) is 0.947. The number of aliphatic carboxylic acids is 1. The van der Waals surface area contributed by atoms with Crippen LogP contribution in [0.5, 0.6) is 0 Å². The van der Waals surface area contributed by atoms with Crippen molar-refractivity contribution < 1.29 is 9.90 Å². The largest absolute Gasteiger partial charge is 0.481 e. The Morgan fingerprint density at radius 2 is 1.32 bits per heavy atom. The third-order valence-electron chi connectivity index (χ3n) is 4.51. The number of hydrogen-bond acceptors (Lipinski definition) is 2. The molecule has 22 heavy (non-hydrogen) atoms. The molecule has 0 atom stereocenters. The lowest BCUT2D eigenvalue weighted by atomic mass is 9.90. The van der Waals surface area contributed by atoms with Gasteiger partial charge >= 0.3 is 5.97 Å². The Balaban J connectivity index is 0.000000425. The zero-order chi connectivity index (χ0) is 16.5. The van der Waals surface area contributed by atoms with Crippen molar-refractivity contribution in [2.24, 2.45) is 11.7 Å². The van der Waals surface area contributed by atoms with E-state index in [4.69, 9.17) is 10.8 Å². The summed E-state index contributed by atoms with van der Waals surface area (Å²) in [5, 5.41) is 8.54. The number of carbonyl (C=O) groups is 1. The van der Waals surface area contributed by atoms with Crippen LogP contribution in [0.2, 0.25) is 0 Å². The first kappa shape index (κ1) is 21.4. The molecule has 0 bridgehead atoms. The van der Waals surface area contributed by atoms with Crippen LogP contribution in [0.3, 0.4) is 0 Å². The van der Waals surface area contributed by atoms with E-state index in [1.54, 1.807) is 0 Å². The van der Waals surface area contributed by atoms with Crippen molar-refractivity contribution in [1.82, 2.24) is 0 Å². The zero-order valence-electron chi connectivity index (χ0n) is 14.8. The summed E-state index contributed by atoms with van der Waals surface area (Å²) in [7, 11) is 0. The summed E-state index contributed by atoms with van der Waals surface area (Å²) in [5.41, 5.74) is 5.42. The Labute approximate surface area is 138 Å². The average molecular weight is 314 g/mol. The monoisotopic (exact) mass is 313 g/mol. The number of hydrogen-bond donors (Lipinski definition) is 2. The Hall–Kier alpha value is -0.570. The van der Waals surface area contributed by atoms with Gasteiger partial charge in [-0.15, -0.1) is 0 Å². The van der Waals surface area contributed by atoms with E-state index in [0.717, 1.165) is 32.2 Å². The molecule has 3 nitrogen and oxygen atoms in total. The molecule has 1 fully saturated rings. The van der Waals surface area contributed by atoms with Crippen molar-refractivity contribution in [3.05, 3.63) is 0 Å². The highest BCUT2D eigenvalue weighted by Crippen LogP contribution is 2.23. The summed E-state index contributed by atoms with van der Waals surface area (Å²) in [5.74, 6) is -0.631. The van der Waals surface area contributed by atoms with Crippen LogP contribution in [-0.2, 0) is 4.79 Å². The maximum Gasteiger partial charge on any atom is 0.306 e. The normalized spacial score (nSPS) is 15.2. The van der Waals surface area contributed by atoms with E-state index < -0.39 is 5.97 Å². The maximum absolute atomic E-state index is 10.4. The summed E-state index contributed by atoms with van der Waals surface area (Å²) in [6.07, 6.45) is 19.2. The number of carboxylic acid groups (broad SMARTS) is 1. The molecule has 0 aliphatic heterocycles. The number of nitrogens with two attached hydrogens (primary N) is 1. The van der Waals surface area contributed by atoms with Crippen molar-refractivity contribution in [2.75, 3.05) is 6.54 Å². The second-order valence-corrected chi connectivity index (χ2v) is 6.64. The average Bonchev–Trinajstić information content (AvgIpc) is 2.55. The third kappa shape index (κ3) is 14.4. The van der Waals surface area contributed by atoms with E-state index in [2.05, 4.69) is 6.92 Å². The summed E-state index contributed by atoms with van der Waals surface area (Å²) < 4.78 is 0. The molecule has 1 aliphatic carbocycles. The molecule has 0 radical (unpaired) electrons. The van der Waals surface area contributed by atoms with Crippen LogP contribution < -0.4 is 5.73 Å². The van der Waals surface area contributed by atoms with E-state index in [9.17, 15) is 4.79 Å². The van der Waals surface area contributed by atoms with Crippen LogP contribution in [-0.4, -0.2) is 17.6 Å². The van der Waals surface area contributed by atoms with E-state index >= 15 is 0 Å². The minimum atomic E-state index is -0.602. The Morgan fingerprint density at radius 3 is 1.68 bits per heavy atom. The lowest BCUT2D eigenvalue weighted by Crippen LogP contribution is -2.16. The molecule has 0 amide bonds. The molecule has 0 heterocycles. The SMILES string of the molecule is CCCCCCCCCCCCN.O=C(O)C1CCCCC1. The molecule has 0 aromatic rings. The van der Waals surface area contributed by atoms with E-state index in [1.807, 2.05) is 0 Å². The van der Waals surface area contributed by atoms with Gasteiger partial charge in [0.05, 0.1) is 5.92 Å². The third-order valence-corrected chi connectivity index (χ3v) is 4.51. The molecule has 132 valence electrons. The van der Waals surface area contributed by atoms with Crippen LogP contribution >= 0.6 is 0 Å². The first-order valence-electron chi connectivity index (χ1n) is 9.65. The topological polar surface area (TPSA) is 63.3 Å². The van der Waals surface area contributed by atoms with Crippen molar-refractivity contribution in [3.8, 4) is 0 Å². The number of rotatable bonds is 11. The molecular formula is C19H39NO2. The predicted molar refractivity (Wildman–Crippen MR) is 95.1 cm³/mol. The van der Waals surface area contributed by atoms with Gasteiger partial charge in [0, 0.05) is 0 Å². The molecule has 0 saturated heterocycles. The van der Waals surface area contributed by atoms with Crippen molar-refractivity contribution in [3.63, 3.8) is 0 Å². The molecule has 3 N–H and O–H groups in total. The second-order valence-electron chi connectivity index (χ2n) is 6.64. The first-order chi connectivity index (χ1) is 10.7. The van der Waals surface area contributed by atoms with Gasteiger partial charge in [0.25, 0.3) is 0 Å². The number of carboxylic acids is 1. The Morgan fingerprint density at radius 1 is 0.864 bits per heavy atom. The van der Waals surface area contributed by atoms with E-state index in [-0.39, 0.29) is 5.92 Å². The van der Waals surface area contributed by atoms with Crippen molar-refractivity contribution in [1.29, 1.82) is 0 Å². The van der Waals surface area contributed by atoms with Gasteiger partial charge in [-0.3, -0.25) is 4.79 Å². The summed E-state index contributed by atoms with van der Waals surface area (Å²) in [4.78, 5) is 10.4.